The molecule has 3 rings (SSSR count). The molecule has 0 bridgehead atoms. The Morgan fingerprint density at radius 3 is 2.77 bits per heavy atom. The Balaban J connectivity index is 1.95. The van der Waals surface area contributed by atoms with Gasteiger partial charge in [0.05, 0.1) is 18.7 Å². The number of carbonyl (C=O) groups excluding carboxylic acids is 1. The van der Waals surface area contributed by atoms with Crippen LogP contribution in [0.3, 0.4) is 0 Å². The minimum Gasteiger partial charge on any atom is -0.508 e. The standard InChI is InChI=1S/C23H25FN2O4/c1-4-29-21(27)11-16-6-5-14(2)9-19(16)30-20-12-18(22(28)23(20,3)24)15-7-8-26-17(10-15)13-25/h5-10,12,28H,4,11,13,25H2,1-3H3/t23-/m1/s1. The van der Waals surface area contributed by atoms with Crippen molar-refractivity contribution in [2.45, 2.75) is 39.4 Å². The van der Waals surface area contributed by atoms with E-state index in [-0.39, 0.29) is 25.3 Å². The molecule has 30 heavy (non-hydrogen) atoms. The maximum absolute atomic E-state index is 15.5. The van der Waals surface area contributed by atoms with E-state index < -0.39 is 17.4 Å². The van der Waals surface area contributed by atoms with Gasteiger partial charge >= 0.3 is 5.97 Å². The van der Waals surface area contributed by atoms with E-state index in [2.05, 4.69) is 4.98 Å². The van der Waals surface area contributed by atoms with E-state index in [0.717, 1.165) is 5.56 Å². The van der Waals surface area contributed by atoms with Crippen molar-refractivity contribution in [3.8, 4) is 5.75 Å². The molecule has 0 unspecified atom stereocenters. The first-order valence-electron chi connectivity index (χ1n) is 9.69. The molecule has 0 aliphatic heterocycles. The average molecular weight is 412 g/mol. The first-order chi connectivity index (χ1) is 14.3. The number of aliphatic hydroxyl groups is 1. The van der Waals surface area contributed by atoms with Gasteiger partial charge in [-0.2, -0.15) is 0 Å². The van der Waals surface area contributed by atoms with E-state index in [1.54, 1.807) is 37.4 Å². The van der Waals surface area contributed by atoms with E-state index in [1.165, 1.54) is 13.0 Å². The fourth-order valence-electron chi connectivity index (χ4n) is 3.20. The van der Waals surface area contributed by atoms with Crippen LogP contribution in [0, 0.1) is 6.92 Å². The number of aliphatic hydroxyl groups excluding tert-OH is 1. The lowest BCUT2D eigenvalue weighted by Gasteiger charge is -2.21. The quantitative estimate of drug-likeness (QED) is 0.669. The number of esters is 1. The molecule has 1 heterocycles. The van der Waals surface area contributed by atoms with Gasteiger partial charge in [-0.1, -0.05) is 12.1 Å². The molecule has 0 saturated carbocycles. The number of benzene rings is 1. The summed E-state index contributed by atoms with van der Waals surface area (Å²) in [6.45, 7) is 5.32. The Morgan fingerprint density at radius 2 is 2.07 bits per heavy atom. The van der Waals surface area contributed by atoms with Crippen molar-refractivity contribution in [3.63, 3.8) is 0 Å². The molecular weight excluding hydrogens is 387 g/mol. The number of pyridine rings is 1. The number of hydrogen-bond donors (Lipinski definition) is 2. The highest BCUT2D eigenvalue weighted by Crippen LogP contribution is 2.42. The van der Waals surface area contributed by atoms with Crippen LogP contribution in [-0.2, 0) is 22.5 Å². The van der Waals surface area contributed by atoms with Gasteiger partial charge in [0.2, 0.25) is 5.67 Å². The molecule has 0 spiro atoms. The van der Waals surface area contributed by atoms with Crippen molar-refractivity contribution < 1.29 is 23.8 Å². The molecule has 0 saturated heterocycles. The van der Waals surface area contributed by atoms with Crippen LogP contribution in [0.5, 0.6) is 5.75 Å². The second kappa shape index (κ2) is 8.67. The van der Waals surface area contributed by atoms with Crippen LogP contribution in [0.2, 0.25) is 0 Å². The Bertz CT molecular complexity index is 1030. The average Bonchev–Trinajstić information content (AvgIpc) is 2.94. The van der Waals surface area contributed by atoms with E-state index in [0.29, 0.717) is 28.1 Å². The van der Waals surface area contributed by atoms with Crippen LogP contribution < -0.4 is 10.5 Å². The maximum atomic E-state index is 15.5. The Kier molecular flexibility index (Phi) is 6.22. The molecule has 2 aromatic rings. The fraction of sp³-hybridized carbons (Fsp3) is 0.304. The molecule has 0 amide bonds. The van der Waals surface area contributed by atoms with E-state index in [9.17, 15) is 9.90 Å². The zero-order valence-corrected chi connectivity index (χ0v) is 17.2. The van der Waals surface area contributed by atoms with Gasteiger partial charge in [0.1, 0.15) is 17.3 Å². The predicted molar refractivity (Wildman–Crippen MR) is 111 cm³/mol. The summed E-state index contributed by atoms with van der Waals surface area (Å²) in [6.07, 6.45) is 3.01. The minimum atomic E-state index is -2.23. The molecule has 0 radical (unpaired) electrons. The number of nitrogens with two attached hydrogens (primary N) is 1. The zero-order valence-electron chi connectivity index (χ0n) is 17.2. The van der Waals surface area contributed by atoms with Crippen LogP contribution in [-0.4, -0.2) is 28.3 Å². The van der Waals surface area contributed by atoms with Gasteiger partial charge in [-0.3, -0.25) is 9.78 Å². The van der Waals surface area contributed by atoms with Crippen molar-refractivity contribution in [1.29, 1.82) is 0 Å². The highest BCUT2D eigenvalue weighted by molar-refractivity contribution is 5.81. The lowest BCUT2D eigenvalue weighted by Crippen LogP contribution is -2.25. The summed E-state index contributed by atoms with van der Waals surface area (Å²) in [7, 11) is 0. The summed E-state index contributed by atoms with van der Waals surface area (Å²) in [5.74, 6) is -0.588. The normalized spacial score (nSPS) is 18.4. The maximum Gasteiger partial charge on any atom is 0.310 e. The highest BCUT2D eigenvalue weighted by atomic mass is 19.1. The van der Waals surface area contributed by atoms with Crippen LogP contribution in [0.25, 0.3) is 5.57 Å². The molecule has 1 aromatic carbocycles. The van der Waals surface area contributed by atoms with E-state index in [1.807, 2.05) is 13.0 Å². The second-order valence-corrected chi connectivity index (χ2v) is 7.21. The van der Waals surface area contributed by atoms with Crippen molar-refractivity contribution in [2.75, 3.05) is 6.61 Å². The molecule has 1 aliphatic carbocycles. The summed E-state index contributed by atoms with van der Waals surface area (Å²) >= 11 is 0. The smallest absolute Gasteiger partial charge is 0.310 e. The fourth-order valence-corrected chi connectivity index (χ4v) is 3.20. The number of aromatic nitrogens is 1. The van der Waals surface area contributed by atoms with Gasteiger partial charge in [-0.25, -0.2) is 4.39 Å². The summed E-state index contributed by atoms with van der Waals surface area (Å²) < 4.78 is 26.4. The first-order valence-corrected chi connectivity index (χ1v) is 9.69. The highest BCUT2D eigenvalue weighted by Gasteiger charge is 2.43. The molecule has 7 heteroatoms. The SMILES string of the molecule is CCOC(=O)Cc1ccc(C)cc1OC1=CC(c2ccnc(CN)c2)=C(O)[C@]1(C)F. The Hall–Kier alpha value is -3.19. The van der Waals surface area contributed by atoms with Gasteiger partial charge in [-0.05, 0) is 56.2 Å². The van der Waals surface area contributed by atoms with Crippen molar-refractivity contribution in [1.82, 2.24) is 4.98 Å². The molecule has 1 atom stereocenters. The number of carbonyl (C=O) groups is 1. The second-order valence-electron chi connectivity index (χ2n) is 7.21. The summed E-state index contributed by atoms with van der Waals surface area (Å²) in [4.78, 5) is 16.1. The molecular formula is C23H25FN2O4. The van der Waals surface area contributed by atoms with Gasteiger partial charge < -0.3 is 20.3 Å². The van der Waals surface area contributed by atoms with Gasteiger partial charge in [-0.15, -0.1) is 0 Å². The lowest BCUT2D eigenvalue weighted by molar-refractivity contribution is -0.142. The van der Waals surface area contributed by atoms with E-state index >= 15 is 4.39 Å². The third-order valence-electron chi connectivity index (χ3n) is 4.86. The minimum absolute atomic E-state index is 0.00375. The van der Waals surface area contributed by atoms with Gasteiger partial charge in [0.15, 0.2) is 0 Å². The van der Waals surface area contributed by atoms with Crippen LogP contribution in [0.15, 0.2) is 54.1 Å². The largest absolute Gasteiger partial charge is 0.508 e. The topological polar surface area (TPSA) is 94.7 Å². The molecule has 158 valence electrons. The summed E-state index contributed by atoms with van der Waals surface area (Å²) in [6, 6.07) is 8.67. The molecule has 3 N–H and O–H groups in total. The Labute approximate surface area is 174 Å². The summed E-state index contributed by atoms with van der Waals surface area (Å²) in [5.41, 5.74) is 6.36. The third kappa shape index (κ3) is 4.36. The van der Waals surface area contributed by atoms with Crippen LogP contribution in [0.1, 0.15) is 36.2 Å². The molecule has 6 nitrogen and oxygen atoms in total. The number of nitrogens with zero attached hydrogens (tertiary/aromatic N) is 1. The first kappa shape index (κ1) is 21.5. The van der Waals surface area contributed by atoms with Crippen molar-refractivity contribution in [2.24, 2.45) is 5.73 Å². The van der Waals surface area contributed by atoms with Crippen LogP contribution >= 0.6 is 0 Å². The number of allylic oxidation sites excluding steroid dienone is 2. The summed E-state index contributed by atoms with van der Waals surface area (Å²) in [5, 5.41) is 10.6. The zero-order chi connectivity index (χ0) is 21.9. The van der Waals surface area contributed by atoms with Crippen LogP contribution in [0.4, 0.5) is 4.39 Å². The predicted octanol–water partition coefficient (Wildman–Crippen LogP) is 3.93. The number of alkyl halides is 1. The molecule has 0 fully saturated rings. The third-order valence-corrected chi connectivity index (χ3v) is 4.86. The number of aryl methyl sites for hydroxylation is 1. The Morgan fingerprint density at radius 1 is 1.30 bits per heavy atom. The van der Waals surface area contributed by atoms with Gasteiger partial charge in [0, 0.05) is 23.9 Å². The molecule has 1 aromatic heterocycles. The van der Waals surface area contributed by atoms with E-state index in [4.69, 9.17) is 15.2 Å². The van der Waals surface area contributed by atoms with Crippen molar-refractivity contribution >= 4 is 11.5 Å². The number of rotatable bonds is 7. The van der Waals surface area contributed by atoms with Crippen molar-refractivity contribution in [3.05, 3.63) is 76.5 Å². The number of halogens is 1. The lowest BCUT2D eigenvalue weighted by atomic mass is 10.0. The number of hydrogen-bond acceptors (Lipinski definition) is 6. The monoisotopic (exact) mass is 412 g/mol. The molecule has 1 aliphatic rings. The number of ether oxygens (including phenoxy) is 2. The van der Waals surface area contributed by atoms with Gasteiger partial charge in [0.25, 0.3) is 0 Å².